The van der Waals surface area contributed by atoms with Crippen molar-refractivity contribution in [1.29, 1.82) is 0 Å². The second-order valence-corrected chi connectivity index (χ2v) is 5.24. The summed E-state index contributed by atoms with van der Waals surface area (Å²) in [4.78, 5) is 12.5. The summed E-state index contributed by atoms with van der Waals surface area (Å²) in [6, 6.07) is 4.00. The van der Waals surface area contributed by atoms with Gasteiger partial charge in [-0.2, -0.15) is 0 Å². The largest absolute Gasteiger partial charge is 0.478 e. The molecule has 0 unspecified atom stereocenters. The highest BCUT2D eigenvalue weighted by molar-refractivity contribution is 7.13. The first-order valence-corrected chi connectivity index (χ1v) is 5.22. The van der Waals surface area contributed by atoms with Gasteiger partial charge in [-0.3, -0.25) is 0 Å². The zero-order chi connectivity index (χ0) is 10.8. The standard InChI is InChI=1S/C11H14O2S/c1-11(2,3)9-6-4-8(14-9)5-7-10(12)13/h4-7H,1-3H3,(H,12,13)/b7-5+. The average Bonchev–Trinajstić information content (AvgIpc) is 2.47. The van der Waals surface area contributed by atoms with E-state index < -0.39 is 5.97 Å². The van der Waals surface area contributed by atoms with Crippen LogP contribution in [0.1, 0.15) is 30.5 Å². The molecule has 0 saturated carbocycles. The summed E-state index contributed by atoms with van der Waals surface area (Å²) in [5, 5.41) is 8.46. The highest BCUT2D eigenvalue weighted by atomic mass is 32.1. The van der Waals surface area contributed by atoms with Crippen LogP contribution in [0, 0.1) is 0 Å². The number of hydrogen-bond donors (Lipinski definition) is 1. The van der Waals surface area contributed by atoms with Crippen LogP contribution in [0.5, 0.6) is 0 Å². The number of thiophene rings is 1. The lowest BCUT2D eigenvalue weighted by Gasteiger charge is -2.15. The zero-order valence-electron chi connectivity index (χ0n) is 8.57. The molecule has 1 heterocycles. The van der Waals surface area contributed by atoms with Crippen LogP contribution in [0.4, 0.5) is 0 Å². The van der Waals surface area contributed by atoms with Crippen LogP contribution < -0.4 is 0 Å². The quantitative estimate of drug-likeness (QED) is 0.761. The van der Waals surface area contributed by atoms with Crippen LogP contribution in [-0.4, -0.2) is 11.1 Å². The van der Waals surface area contributed by atoms with E-state index in [1.165, 1.54) is 4.88 Å². The smallest absolute Gasteiger partial charge is 0.328 e. The minimum Gasteiger partial charge on any atom is -0.478 e. The third kappa shape index (κ3) is 3.00. The van der Waals surface area contributed by atoms with Gasteiger partial charge >= 0.3 is 5.97 Å². The van der Waals surface area contributed by atoms with Gasteiger partial charge < -0.3 is 5.11 Å². The lowest BCUT2D eigenvalue weighted by atomic mass is 9.95. The first-order chi connectivity index (χ1) is 6.39. The molecule has 1 aromatic rings. The molecule has 0 aliphatic rings. The number of rotatable bonds is 2. The Morgan fingerprint density at radius 3 is 2.50 bits per heavy atom. The third-order valence-corrected chi connectivity index (χ3v) is 3.23. The molecule has 0 atom stereocenters. The summed E-state index contributed by atoms with van der Waals surface area (Å²) in [6.07, 6.45) is 2.79. The molecule has 3 heteroatoms. The molecule has 0 aliphatic carbocycles. The van der Waals surface area contributed by atoms with Gasteiger partial charge in [-0.1, -0.05) is 20.8 Å². The van der Waals surface area contributed by atoms with E-state index in [1.807, 2.05) is 12.1 Å². The summed E-state index contributed by atoms with van der Waals surface area (Å²) in [5.74, 6) is -0.907. The first-order valence-electron chi connectivity index (χ1n) is 4.41. The Balaban J connectivity index is 2.84. The third-order valence-electron chi connectivity index (χ3n) is 1.76. The van der Waals surface area contributed by atoms with E-state index in [-0.39, 0.29) is 5.41 Å². The van der Waals surface area contributed by atoms with Crippen molar-refractivity contribution in [3.05, 3.63) is 28.0 Å². The van der Waals surface area contributed by atoms with Crippen molar-refractivity contribution in [2.75, 3.05) is 0 Å². The molecule has 0 aromatic carbocycles. The van der Waals surface area contributed by atoms with Crippen LogP contribution in [0.25, 0.3) is 6.08 Å². The van der Waals surface area contributed by atoms with Gasteiger partial charge in [0.05, 0.1) is 0 Å². The highest BCUT2D eigenvalue weighted by Gasteiger charge is 2.15. The van der Waals surface area contributed by atoms with Crippen molar-refractivity contribution < 1.29 is 9.90 Å². The van der Waals surface area contributed by atoms with E-state index in [2.05, 4.69) is 20.8 Å². The van der Waals surface area contributed by atoms with E-state index in [1.54, 1.807) is 17.4 Å². The Kier molecular flexibility index (Phi) is 3.11. The summed E-state index contributed by atoms with van der Waals surface area (Å²) in [6.45, 7) is 6.43. The molecule has 14 heavy (non-hydrogen) atoms. The molecular weight excluding hydrogens is 196 g/mol. The van der Waals surface area contributed by atoms with Crippen LogP contribution in [0.15, 0.2) is 18.2 Å². The fourth-order valence-corrected chi connectivity index (χ4v) is 1.97. The van der Waals surface area contributed by atoms with Gasteiger partial charge in [-0.15, -0.1) is 11.3 Å². The second-order valence-electron chi connectivity index (χ2n) is 4.12. The molecular formula is C11H14O2S. The molecule has 0 spiro atoms. The first kappa shape index (κ1) is 11.0. The molecule has 2 nitrogen and oxygen atoms in total. The summed E-state index contributed by atoms with van der Waals surface area (Å²) in [7, 11) is 0. The Labute approximate surface area is 87.9 Å². The molecule has 0 radical (unpaired) electrons. The number of carbonyl (C=O) groups is 1. The Morgan fingerprint density at radius 1 is 1.43 bits per heavy atom. The molecule has 0 fully saturated rings. The molecule has 0 amide bonds. The lowest BCUT2D eigenvalue weighted by molar-refractivity contribution is -0.131. The predicted molar refractivity (Wildman–Crippen MR) is 59.7 cm³/mol. The SMILES string of the molecule is CC(C)(C)c1ccc(/C=C/C(=O)O)s1. The Bertz CT molecular complexity index is 356. The summed E-state index contributed by atoms with van der Waals surface area (Å²) < 4.78 is 0. The molecule has 0 saturated heterocycles. The Morgan fingerprint density at radius 2 is 2.07 bits per heavy atom. The monoisotopic (exact) mass is 210 g/mol. The number of hydrogen-bond acceptors (Lipinski definition) is 2. The van der Waals surface area contributed by atoms with Crippen molar-refractivity contribution in [2.45, 2.75) is 26.2 Å². The summed E-state index contributed by atoms with van der Waals surface area (Å²) in [5.41, 5.74) is 0.139. The van der Waals surface area contributed by atoms with Gasteiger partial charge in [0.1, 0.15) is 0 Å². The van der Waals surface area contributed by atoms with Gasteiger partial charge in [0.2, 0.25) is 0 Å². The van der Waals surface area contributed by atoms with E-state index >= 15 is 0 Å². The van der Waals surface area contributed by atoms with E-state index in [0.717, 1.165) is 11.0 Å². The maximum absolute atomic E-state index is 10.3. The normalized spacial score (nSPS) is 12.2. The molecule has 1 N–H and O–H groups in total. The van der Waals surface area contributed by atoms with Gasteiger partial charge in [-0.25, -0.2) is 4.79 Å². The molecule has 1 aromatic heterocycles. The van der Waals surface area contributed by atoms with E-state index in [4.69, 9.17) is 5.11 Å². The summed E-state index contributed by atoms with van der Waals surface area (Å²) >= 11 is 1.63. The van der Waals surface area contributed by atoms with Gasteiger partial charge in [-0.05, 0) is 23.6 Å². The molecule has 1 rings (SSSR count). The molecule has 0 bridgehead atoms. The van der Waals surface area contributed by atoms with Crippen LogP contribution in [-0.2, 0) is 10.2 Å². The van der Waals surface area contributed by atoms with E-state index in [9.17, 15) is 4.79 Å². The van der Waals surface area contributed by atoms with Crippen molar-refractivity contribution in [3.63, 3.8) is 0 Å². The van der Waals surface area contributed by atoms with Crippen LogP contribution in [0.3, 0.4) is 0 Å². The Hall–Kier alpha value is -1.09. The van der Waals surface area contributed by atoms with Gasteiger partial charge in [0, 0.05) is 15.8 Å². The number of aliphatic carboxylic acids is 1. The minimum absolute atomic E-state index is 0.139. The van der Waals surface area contributed by atoms with E-state index in [0.29, 0.717) is 0 Å². The minimum atomic E-state index is -0.907. The zero-order valence-corrected chi connectivity index (χ0v) is 9.39. The van der Waals surface area contributed by atoms with Crippen LogP contribution in [0.2, 0.25) is 0 Å². The van der Waals surface area contributed by atoms with Crippen molar-refractivity contribution >= 4 is 23.4 Å². The maximum atomic E-state index is 10.3. The highest BCUT2D eigenvalue weighted by Crippen LogP contribution is 2.29. The topological polar surface area (TPSA) is 37.3 Å². The maximum Gasteiger partial charge on any atom is 0.328 e. The number of carboxylic acids is 1. The van der Waals surface area contributed by atoms with Crippen molar-refractivity contribution in [1.82, 2.24) is 0 Å². The van der Waals surface area contributed by atoms with Crippen molar-refractivity contribution in [2.24, 2.45) is 0 Å². The average molecular weight is 210 g/mol. The molecule has 0 aliphatic heterocycles. The lowest BCUT2D eigenvalue weighted by Crippen LogP contribution is -2.07. The molecule has 76 valence electrons. The fourth-order valence-electron chi connectivity index (χ4n) is 0.999. The van der Waals surface area contributed by atoms with Crippen molar-refractivity contribution in [3.8, 4) is 0 Å². The predicted octanol–water partition coefficient (Wildman–Crippen LogP) is 3.14. The van der Waals surface area contributed by atoms with Gasteiger partial charge in [0.25, 0.3) is 0 Å². The van der Waals surface area contributed by atoms with Crippen LogP contribution >= 0.6 is 11.3 Å². The number of carboxylic acid groups (broad SMARTS) is 1. The van der Waals surface area contributed by atoms with Gasteiger partial charge in [0.15, 0.2) is 0 Å². The fraction of sp³-hybridized carbons (Fsp3) is 0.364. The second kappa shape index (κ2) is 3.96.